The van der Waals surface area contributed by atoms with Crippen molar-refractivity contribution in [3.05, 3.63) is 0 Å². The zero-order valence-electron chi connectivity index (χ0n) is 14.5. The summed E-state index contributed by atoms with van der Waals surface area (Å²) in [6.45, 7) is 12.7. The quantitative estimate of drug-likeness (QED) is 0.736. The van der Waals surface area contributed by atoms with Crippen molar-refractivity contribution in [1.29, 1.82) is 0 Å². The summed E-state index contributed by atoms with van der Waals surface area (Å²) in [5.41, 5.74) is -1.34. The lowest BCUT2D eigenvalue weighted by Crippen LogP contribution is -2.59. The number of carbonyl (C=O) groups excluding carboxylic acids is 1. The summed E-state index contributed by atoms with van der Waals surface area (Å²) in [6.07, 6.45) is 2.43. The molecule has 8 atom stereocenters. The Morgan fingerprint density at radius 1 is 0.909 bits per heavy atom. The summed E-state index contributed by atoms with van der Waals surface area (Å²) in [4.78, 5) is 12.8. The van der Waals surface area contributed by atoms with Crippen LogP contribution in [0.5, 0.6) is 0 Å². The Balaban J connectivity index is 1.85. The Kier molecular flexibility index (Phi) is 2.77. The molecule has 4 heterocycles. The van der Waals surface area contributed by atoms with E-state index in [0.29, 0.717) is 11.8 Å². The number of fused-ring (bicyclic) bond motifs is 8. The second-order valence-electron chi connectivity index (χ2n) is 8.47. The number of esters is 1. The molecule has 0 aromatic heterocycles. The third-order valence-electron chi connectivity index (χ3n) is 7.69. The number of rotatable bonds is 2. The highest BCUT2D eigenvalue weighted by Gasteiger charge is 2.84. The van der Waals surface area contributed by atoms with Gasteiger partial charge >= 0.3 is 5.97 Å². The Labute approximate surface area is 132 Å². The van der Waals surface area contributed by atoms with E-state index >= 15 is 0 Å². The number of hydrogen-bond donors (Lipinski definition) is 0. The van der Waals surface area contributed by atoms with Gasteiger partial charge in [-0.15, -0.1) is 0 Å². The third-order valence-corrected chi connectivity index (χ3v) is 7.69. The van der Waals surface area contributed by atoms with Crippen molar-refractivity contribution in [1.82, 2.24) is 0 Å². The minimum absolute atomic E-state index is 0.0513. The highest BCUT2D eigenvalue weighted by atomic mass is 16.6. The minimum atomic E-state index is -0.554. The molecule has 124 valence electrons. The van der Waals surface area contributed by atoms with Gasteiger partial charge in [0.1, 0.15) is 11.0 Å². The maximum atomic E-state index is 12.8. The fourth-order valence-corrected chi connectivity index (χ4v) is 6.14. The summed E-state index contributed by atoms with van der Waals surface area (Å²) in [7, 11) is 0. The van der Waals surface area contributed by atoms with Crippen molar-refractivity contribution in [2.24, 2.45) is 22.7 Å². The number of ether oxygens (including phenoxy) is 3. The molecule has 4 fully saturated rings. The second kappa shape index (κ2) is 4.07. The van der Waals surface area contributed by atoms with Gasteiger partial charge in [0.15, 0.2) is 0 Å². The van der Waals surface area contributed by atoms with Crippen LogP contribution in [0.2, 0.25) is 0 Å². The van der Waals surface area contributed by atoms with Crippen LogP contribution >= 0.6 is 0 Å². The maximum absolute atomic E-state index is 12.8. The zero-order chi connectivity index (χ0) is 16.1. The predicted octanol–water partition coefficient (Wildman–Crippen LogP) is 2.94. The smallest absolute Gasteiger partial charge is 0.315 e. The molecule has 2 bridgehead atoms. The van der Waals surface area contributed by atoms with Crippen LogP contribution in [0.4, 0.5) is 0 Å². The van der Waals surface area contributed by atoms with Crippen LogP contribution in [-0.2, 0) is 19.0 Å². The van der Waals surface area contributed by atoms with Gasteiger partial charge in [0.25, 0.3) is 0 Å². The summed E-state index contributed by atoms with van der Waals surface area (Å²) in [6, 6.07) is 0. The Morgan fingerprint density at radius 3 is 2.00 bits per heavy atom. The SMILES string of the molecule is CCC1OC(CC)C2C1C1OC2C2(C)C(C)(C)OC(=O)C12C. The van der Waals surface area contributed by atoms with Gasteiger partial charge in [-0.25, -0.2) is 0 Å². The van der Waals surface area contributed by atoms with Gasteiger partial charge in [0.2, 0.25) is 0 Å². The second-order valence-corrected chi connectivity index (χ2v) is 8.47. The molecule has 0 aromatic carbocycles. The Bertz CT molecular complexity index is 529. The lowest BCUT2D eigenvalue weighted by atomic mass is 9.48. The fraction of sp³-hybridized carbons (Fsp3) is 0.944. The molecular formula is C18H28O4. The summed E-state index contributed by atoms with van der Waals surface area (Å²) in [5, 5.41) is 0. The first-order chi connectivity index (χ1) is 10.2. The van der Waals surface area contributed by atoms with Crippen LogP contribution in [0, 0.1) is 22.7 Å². The van der Waals surface area contributed by atoms with Crippen molar-refractivity contribution in [2.45, 2.75) is 84.4 Å². The van der Waals surface area contributed by atoms with E-state index < -0.39 is 11.0 Å². The van der Waals surface area contributed by atoms with E-state index in [-0.39, 0.29) is 35.8 Å². The van der Waals surface area contributed by atoms with Crippen LogP contribution in [0.3, 0.4) is 0 Å². The van der Waals surface area contributed by atoms with E-state index in [1.54, 1.807) is 0 Å². The Morgan fingerprint density at radius 2 is 1.45 bits per heavy atom. The monoisotopic (exact) mass is 308 g/mol. The average molecular weight is 308 g/mol. The van der Waals surface area contributed by atoms with Gasteiger partial charge in [-0.05, 0) is 33.6 Å². The van der Waals surface area contributed by atoms with Gasteiger partial charge in [-0.3, -0.25) is 4.79 Å². The molecule has 4 nitrogen and oxygen atoms in total. The summed E-state index contributed by atoms with van der Waals surface area (Å²) < 4.78 is 18.7. The molecular weight excluding hydrogens is 280 g/mol. The average Bonchev–Trinajstić information content (AvgIpc) is 3.10. The van der Waals surface area contributed by atoms with Crippen molar-refractivity contribution in [3.8, 4) is 0 Å². The lowest BCUT2D eigenvalue weighted by Gasteiger charge is -2.48. The largest absolute Gasteiger partial charge is 0.458 e. The van der Waals surface area contributed by atoms with Crippen molar-refractivity contribution < 1.29 is 19.0 Å². The molecule has 0 N–H and O–H groups in total. The van der Waals surface area contributed by atoms with Crippen molar-refractivity contribution in [3.63, 3.8) is 0 Å². The van der Waals surface area contributed by atoms with Crippen LogP contribution in [0.1, 0.15) is 54.4 Å². The van der Waals surface area contributed by atoms with Crippen LogP contribution in [0.25, 0.3) is 0 Å². The minimum Gasteiger partial charge on any atom is -0.458 e. The molecule has 0 aliphatic carbocycles. The number of hydrogen-bond acceptors (Lipinski definition) is 4. The summed E-state index contributed by atoms with van der Waals surface area (Å²) in [5.74, 6) is 0.645. The molecule has 8 unspecified atom stereocenters. The Hall–Kier alpha value is -0.610. The first-order valence-electron chi connectivity index (χ1n) is 8.78. The van der Waals surface area contributed by atoms with Gasteiger partial charge in [-0.2, -0.15) is 0 Å². The molecule has 4 rings (SSSR count). The molecule has 0 amide bonds. The highest BCUT2D eigenvalue weighted by Crippen LogP contribution is 2.73. The van der Waals surface area contributed by atoms with Crippen LogP contribution in [-0.4, -0.2) is 36.0 Å². The normalized spacial score (nSPS) is 57.8. The first-order valence-corrected chi connectivity index (χ1v) is 8.78. The van der Waals surface area contributed by atoms with Gasteiger partial charge in [-0.1, -0.05) is 20.8 Å². The van der Waals surface area contributed by atoms with E-state index in [1.807, 2.05) is 13.8 Å². The zero-order valence-corrected chi connectivity index (χ0v) is 14.5. The van der Waals surface area contributed by atoms with Gasteiger partial charge < -0.3 is 14.2 Å². The van der Waals surface area contributed by atoms with E-state index in [4.69, 9.17) is 14.2 Å². The molecule has 4 heteroatoms. The molecule has 0 radical (unpaired) electrons. The lowest BCUT2D eigenvalue weighted by molar-refractivity contribution is -0.159. The maximum Gasteiger partial charge on any atom is 0.315 e. The molecule has 0 spiro atoms. The van der Waals surface area contributed by atoms with Crippen LogP contribution in [0.15, 0.2) is 0 Å². The predicted molar refractivity (Wildman–Crippen MR) is 81.3 cm³/mol. The van der Waals surface area contributed by atoms with Crippen molar-refractivity contribution in [2.75, 3.05) is 0 Å². The molecule has 22 heavy (non-hydrogen) atoms. The first kappa shape index (κ1) is 14.9. The molecule has 4 aliphatic rings. The van der Waals surface area contributed by atoms with Gasteiger partial charge in [0.05, 0.1) is 29.8 Å². The van der Waals surface area contributed by atoms with Gasteiger partial charge in [0, 0.05) is 11.8 Å². The summed E-state index contributed by atoms with van der Waals surface area (Å²) >= 11 is 0. The van der Waals surface area contributed by atoms with Crippen LogP contribution < -0.4 is 0 Å². The van der Waals surface area contributed by atoms with E-state index in [9.17, 15) is 4.79 Å². The van der Waals surface area contributed by atoms with E-state index in [1.165, 1.54) is 0 Å². The molecule has 0 saturated carbocycles. The molecule has 4 aliphatic heterocycles. The third kappa shape index (κ3) is 1.25. The number of carbonyl (C=O) groups is 1. The topological polar surface area (TPSA) is 44.8 Å². The van der Waals surface area contributed by atoms with E-state index in [0.717, 1.165) is 12.8 Å². The molecule has 0 aromatic rings. The highest BCUT2D eigenvalue weighted by molar-refractivity contribution is 5.83. The van der Waals surface area contributed by atoms with Crippen molar-refractivity contribution >= 4 is 5.97 Å². The standard InChI is InChI=1S/C18H28O4/c1-7-9-11-12(10(8-2)20-9)14-18(6)16(3,4)22-15(19)17(18,5)13(11)21-14/h9-14H,7-8H2,1-6H3. The molecule has 4 saturated heterocycles. The number of cyclic esters (lactones) is 1. The van der Waals surface area contributed by atoms with E-state index in [2.05, 4.69) is 27.7 Å². The fourth-order valence-electron chi connectivity index (χ4n) is 6.14.